The van der Waals surface area contributed by atoms with E-state index >= 15 is 0 Å². The first-order valence-corrected chi connectivity index (χ1v) is 6.89. The van der Waals surface area contributed by atoms with Gasteiger partial charge < -0.3 is 4.74 Å². The third-order valence-electron chi connectivity index (χ3n) is 2.73. The highest BCUT2D eigenvalue weighted by atomic mass is 32.1. The number of ether oxygens (including phenoxy) is 1. The lowest BCUT2D eigenvalue weighted by Gasteiger charge is -2.31. The fourth-order valence-corrected chi connectivity index (χ4v) is 2.49. The van der Waals surface area contributed by atoms with Gasteiger partial charge in [0.15, 0.2) is 6.10 Å². The van der Waals surface area contributed by atoms with Gasteiger partial charge in [-0.15, -0.1) is 11.3 Å². The van der Waals surface area contributed by atoms with Crippen LogP contribution >= 0.6 is 11.3 Å². The Morgan fingerprint density at radius 2 is 2.33 bits per heavy atom. The van der Waals surface area contributed by atoms with Crippen molar-refractivity contribution in [1.29, 1.82) is 0 Å². The first-order chi connectivity index (χ1) is 8.70. The number of hydrogen-bond donors (Lipinski definition) is 1. The first kappa shape index (κ1) is 12.9. The van der Waals surface area contributed by atoms with E-state index in [-0.39, 0.29) is 5.91 Å². The number of hydrogen-bond acceptors (Lipinski definition) is 4. The molecule has 2 heterocycles. The molecule has 0 aromatic carbocycles. The van der Waals surface area contributed by atoms with Gasteiger partial charge in [0, 0.05) is 4.88 Å². The van der Waals surface area contributed by atoms with E-state index in [9.17, 15) is 9.59 Å². The smallest absolute Gasteiger partial charge is 0.427 e. The van der Waals surface area contributed by atoms with Crippen LogP contribution in [0.3, 0.4) is 0 Å². The summed E-state index contributed by atoms with van der Waals surface area (Å²) in [5, 5.41) is 3.29. The minimum absolute atomic E-state index is 0.170. The molecule has 1 aliphatic rings. The zero-order valence-electron chi connectivity index (χ0n) is 10.2. The molecule has 0 spiro atoms. The number of unbranched alkanes of at least 4 members (excludes halogenated alkanes) is 1. The van der Waals surface area contributed by atoms with Gasteiger partial charge >= 0.3 is 6.09 Å². The Morgan fingerprint density at radius 1 is 1.50 bits per heavy atom. The molecule has 0 aliphatic carbocycles. The molecule has 2 amide bonds. The minimum atomic E-state index is -0.640. The Kier molecular flexibility index (Phi) is 4.19. The zero-order valence-corrected chi connectivity index (χ0v) is 11.0. The average Bonchev–Trinajstić information content (AvgIpc) is 2.84. The van der Waals surface area contributed by atoms with Crippen molar-refractivity contribution in [3.05, 3.63) is 22.4 Å². The standard InChI is InChI=1S/C12H16N2O3S/c1-2-3-6-10-11(15)14(13-12(16)17-10)8-9-5-4-7-18-9/h4-5,7,10H,2-3,6,8H2,1H3,(H,13,16). The van der Waals surface area contributed by atoms with Gasteiger partial charge in [0.25, 0.3) is 5.91 Å². The minimum Gasteiger partial charge on any atom is -0.435 e. The summed E-state index contributed by atoms with van der Waals surface area (Å²) in [6, 6.07) is 3.85. The molecule has 1 atom stereocenters. The number of carbonyl (C=O) groups is 2. The van der Waals surface area contributed by atoms with Gasteiger partial charge in [-0.05, 0) is 24.3 Å². The van der Waals surface area contributed by atoms with Gasteiger partial charge in [-0.2, -0.15) is 0 Å². The number of nitrogens with zero attached hydrogens (tertiary/aromatic N) is 1. The Bertz CT molecular complexity index is 419. The lowest BCUT2D eigenvalue weighted by atomic mass is 10.1. The molecule has 0 saturated carbocycles. The fourth-order valence-electron chi connectivity index (χ4n) is 1.79. The maximum atomic E-state index is 12.1. The number of carbonyl (C=O) groups excluding carboxylic acids is 2. The van der Waals surface area contributed by atoms with Crippen molar-refractivity contribution >= 4 is 23.3 Å². The second kappa shape index (κ2) is 5.86. The molecular weight excluding hydrogens is 252 g/mol. The summed E-state index contributed by atoms with van der Waals surface area (Å²) in [5.74, 6) is -0.170. The van der Waals surface area contributed by atoms with Gasteiger partial charge in [0.2, 0.25) is 0 Å². The van der Waals surface area contributed by atoms with Crippen molar-refractivity contribution < 1.29 is 14.3 Å². The highest BCUT2D eigenvalue weighted by Crippen LogP contribution is 2.17. The molecular formula is C12H16N2O3S. The van der Waals surface area contributed by atoms with Crippen molar-refractivity contribution in [2.75, 3.05) is 0 Å². The maximum absolute atomic E-state index is 12.1. The number of hydrazine groups is 1. The van der Waals surface area contributed by atoms with Gasteiger partial charge in [0.1, 0.15) is 0 Å². The van der Waals surface area contributed by atoms with Gasteiger partial charge in [-0.25, -0.2) is 15.2 Å². The second-order valence-electron chi connectivity index (χ2n) is 4.15. The molecule has 1 aliphatic heterocycles. The van der Waals surface area contributed by atoms with Crippen LogP contribution in [0.4, 0.5) is 4.79 Å². The van der Waals surface area contributed by atoms with Gasteiger partial charge in [-0.3, -0.25) is 4.79 Å². The maximum Gasteiger partial charge on any atom is 0.427 e. The van der Waals surface area contributed by atoms with Crippen LogP contribution in [0.5, 0.6) is 0 Å². The molecule has 2 rings (SSSR count). The van der Waals surface area contributed by atoms with Gasteiger partial charge in [0.05, 0.1) is 6.54 Å². The van der Waals surface area contributed by atoms with Crippen LogP contribution in [-0.2, 0) is 16.1 Å². The molecule has 5 nitrogen and oxygen atoms in total. The summed E-state index contributed by atoms with van der Waals surface area (Å²) in [6.45, 7) is 2.44. The summed E-state index contributed by atoms with van der Waals surface area (Å²) in [7, 11) is 0. The van der Waals surface area contributed by atoms with E-state index in [1.807, 2.05) is 24.4 Å². The van der Waals surface area contributed by atoms with E-state index in [0.717, 1.165) is 17.7 Å². The molecule has 1 saturated heterocycles. The Morgan fingerprint density at radius 3 is 3.00 bits per heavy atom. The summed E-state index contributed by atoms with van der Waals surface area (Å²) < 4.78 is 5.01. The lowest BCUT2D eigenvalue weighted by Crippen LogP contribution is -2.56. The van der Waals surface area contributed by atoms with Crippen molar-refractivity contribution in [2.45, 2.75) is 38.8 Å². The molecule has 98 valence electrons. The van der Waals surface area contributed by atoms with Crippen LogP contribution in [0.15, 0.2) is 17.5 Å². The van der Waals surface area contributed by atoms with Crippen molar-refractivity contribution in [3.8, 4) is 0 Å². The van der Waals surface area contributed by atoms with E-state index < -0.39 is 12.2 Å². The third-order valence-corrected chi connectivity index (χ3v) is 3.59. The van der Waals surface area contributed by atoms with Crippen LogP contribution in [0.25, 0.3) is 0 Å². The SMILES string of the molecule is CCCCC1OC(=O)NN(Cc2cccs2)C1=O. The molecule has 1 aromatic heterocycles. The molecule has 6 heteroatoms. The normalized spacial score (nSPS) is 19.6. The molecule has 0 bridgehead atoms. The summed E-state index contributed by atoms with van der Waals surface area (Å²) in [5.41, 5.74) is 2.44. The van der Waals surface area contributed by atoms with Crippen molar-refractivity contribution in [2.24, 2.45) is 0 Å². The van der Waals surface area contributed by atoms with E-state index in [2.05, 4.69) is 5.43 Å². The van der Waals surface area contributed by atoms with E-state index in [4.69, 9.17) is 4.74 Å². The number of rotatable bonds is 5. The van der Waals surface area contributed by atoms with E-state index in [0.29, 0.717) is 13.0 Å². The van der Waals surface area contributed by atoms with Crippen LogP contribution in [-0.4, -0.2) is 23.1 Å². The topological polar surface area (TPSA) is 58.6 Å². The summed E-state index contributed by atoms with van der Waals surface area (Å²) >= 11 is 1.55. The number of amides is 2. The second-order valence-corrected chi connectivity index (χ2v) is 5.18. The molecule has 0 radical (unpaired) electrons. The highest BCUT2D eigenvalue weighted by molar-refractivity contribution is 7.09. The summed E-state index contributed by atoms with van der Waals surface area (Å²) in [4.78, 5) is 24.5. The quantitative estimate of drug-likeness (QED) is 0.891. The van der Waals surface area contributed by atoms with Gasteiger partial charge in [-0.1, -0.05) is 19.4 Å². The van der Waals surface area contributed by atoms with Crippen LogP contribution in [0.2, 0.25) is 0 Å². The molecule has 18 heavy (non-hydrogen) atoms. The molecule has 1 fully saturated rings. The largest absolute Gasteiger partial charge is 0.435 e. The lowest BCUT2D eigenvalue weighted by molar-refractivity contribution is -0.150. The van der Waals surface area contributed by atoms with E-state index in [1.165, 1.54) is 5.01 Å². The van der Waals surface area contributed by atoms with E-state index in [1.54, 1.807) is 11.3 Å². The Labute approximate surface area is 110 Å². The van der Waals surface area contributed by atoms with Crippen LogP contribution in [0, 0.1) is 0 Å². The average molecular weight is 268 g/mol. The number of nitrogens with one attached hydrogen (secondary N) is 1. The predicted molar refractivity (Wildman–Crippen MR) is 67.8 cm³/mol. The van der Waals surface area contributed by atoms with Crippen molar-refractivity contribution in [3.63, 3.8) is 0 Å². The fraction of sp³-hybridized carbons (Fsp3) is 0.500. The first-order valence-electron chi connectivity index (χ1n) is 6.01. The van der Waals surface area contributed by atoms with Crippen LogP contribution < -0.4 is 5.43 Å². The molecule has 1 aromatic rings. The monoisotopic (exact) mass is 268 g/mol. The molecule has 1 unspecified atom stereocenters. The Balaban J connectivity index is 2.00. The zero-order chi connectivity index (χ0) is 13.0. The number of cyclic esters (lactones) is 1. The van der Waals surface area contributed by atoms with Crippen molar-refractivity contribution in [1.82, 2.24) is 10.4 Å². The van der Waals surface area contributed by atoms with Crippen LogP contribution in [0.1, 0.15) is 31.1 Å². The third kappa shape index (κ3) is 3.01. The number of thiophene rings is 1. The summed E-state index contributed by atoms with van der Waals surface area (Å²) in [6.07, 6.45) is 1.24. The predicted octanol–water partition coefficient (Wildman–Crippen LogP) is 2.29. The molecule has 1 N–H and O–H groups in total. The Hall–Kier alpha value is -1.56. The highest BCUT2D eigenvalue weighted by Gasteiger charge is 2.34.